The van der Waals surface area contributed by atoms with E-state index in [1.165, 1.54) is 14.2 Å². The Morgan fingerprint density at radius 2 is 1.24 bits per heavy atom. The standard InChI is InChI=1S/C29H31NO8/c1-32-21-8-18(9-22(13-21)33-2)28-25-15-27(37-6)26(36-5)12-17(25)7-20(30-28)16-38-29(31)19-10-23(34-3)14-24(11-19)35-4/h8-15,20H,7,16H2,1-6H3. The average molecular weight is 522 g/mol. The van der Waals surface area contributed by atoms with Crippen LogP contribution in [0.15, 0.2) is 53.5 Å². The molecular weight excluding hydrogens is 490 g/mol. The lowest BCUT2D eigenvalue weighted by atomic mass is 9.89. The molecule has 0 amide bonds. The van der Waals surface area contributed by atoms with Crippen LogP contribution < -0.4 is 28.4 Å². The third-order valence-corrected chi connectivity index (χ3v) is 6.25. The topological polar surface area (TPSA) is 94.0 Å². The average Bonchev–Trinajstić information content (AvgIpc) is 2.97. The predicted octanol–water partition coefficient (Wildman–Crippen LogP) is 4.36. The fourth-order valence-corrected chi connectivity index (χ4v) is 4.31. The maximum Gasteiger partial charge on any atom is 0.338 e. The minimum absolute atomic E-state index is 0.0662. The fraction of sp³-hybridized carbons (Fsp3) is 0.310. The Morgan fingerprint density at radius 3 is 1.76 bits per heavy atom. The van der Waals surface area contributed by atoms with Crippen LogP contribution in [0.4, 0.5) is 0 Å². The molecule has 0 saturated carbocycles. The lowest BCUT2D eigenvalue weighted by Crippen LogP contribution is -2.27. The first-order chi connectivity index (χ1) is 18.4. The summed E-state index contributed by atoms with van der Waals surface area (Å²) in [5.41, 5.74) is 3.69. The summed E-state index contributed by atoms with van der Waals surface area (Å²) in [5, 5.41) is 0. The molecule has 38 heavy (non-hydrogen) atoms. The molecule has 3 aromatic rings. The minimum atomic E-state index is -0.500. The Labute approximate surface area is 221 Å². The van der Waals surface area contributed by atoms with Gasteiger partial charge in [0.1, 0.15) is 29.6 Å². The number of carbonyl (C=O) groups is 1. The van der Waals surface area contributed by atoms with Crippen molar-refractivity contribution in [1.82, 2.24) is 0 Å². The number of aliphatic imine (C=N–C) groups is 1. The first-order valence-electron chi connectivity index (χ1n) is 11.9. The molecule has 0 bridgehead atoms. The summed E-state index contributed by atoms with van der Waals surface area (Å²) < 4.78 is 38.3. The molecule has 0 aromatic heterocycles. The quantitative estimate of drug-likeness (QED) is 0.364. The number of ether oxygens (including phenoxy) is 7. The van der Waals surface area contributed by atoms with E-state index in [1.54, 1.807) is 52.7 Å². The van der Waals surface area contributed by atoms with E-state index in [0.29, 0.717) is 52.2 Å². The number of fused-ring (bicyclic) bond motifs is 1. The van der Waals surface area contributed by atoms with E-state index in [0.717, 1.165) is 16.7 Å². The summed E-state index contributed by atoms with van der Waals surface area (Å²) in [4.78, 5) is 17.9. The molecule has 1 heterocycles. The Morgan fingerprint density at radius 1 is 0.711 bits per heavy atom. The van der Waals surface area contributed by atoms with Gasteiger partial charge >= 0.3 is 5.97 Å². The van der Waals surface area contributed by atoms with Crippen LogP contribution in [0.5, 0.6) is 34.5 Å². The molecule has 4 rings (SSSR count). The molecule has 9 nitrogen and oxygen atoms in total. The summed E-state index contributed by atoms with van der Waals surface area (Å²) in [6, 6.07) is 14.0. The zero-order chi connectivity index (χ0) is 27.2. The van der Waals surface area contributed by atoms with Crippen molar-refractivity contribution in [2.75, 3.05) is 49.3 Å². The number of hydrogen-bond donors (Lipinski definition) is 0. The maximum absolute atomic E-state index is 12.9. The maximum atomic E-state index is 12.9. The van der Waals surface area contributed by atoms with Crippen LogP contribution in [0.1, 0.15) is 27.0 Å². The SMILES string of the molecule is COc1cc(OC)cc(C(=O)OCC2Cc3cc(OC)c(OC)cc3C(c3cc(OC)cc(OC)c3)=N2)c1. The Balaban J connectivity index is 1.70. The van der Waals surface area contributed by atoms with Crippen molar-refractivity contribution in [3.8, 4) is 34.5 Å². The third kappa shape index (κ3) is 5.61. The van der Waals surface area contributed by atoms with Gasteiger partial charge in [0, 0.05) is 23.3 Å². The number of nitrogens with zero attached hydrogens (tertiary/aromatic N) is 1. The zero-order valence-electron chi connectivity index (χ0n) is 22.3. The molecule has 3 aromatic carbocycles. The second kappa shape index (κ2) is 11.8. The molecule has 1 aliphatic heterocycles. The second-order valence-corrected chi connectivity index (χ2v) is 8.50. The van der Waals surface area contributed by atoms with Crippen molar-refractivity contribution in [3.63, 3.8) is 0 Å². The third-order valence-electron chi connectivity index (χ3n) is 6.25. The number of methoxy groups -OCH3 is 6. The molecule has 0 spiro atoms. The van der Waals surface area contributed by atoms with Gasteiger partial charge in [-0.2, -0.15) is 0 Å². The largest absolute Gasteiger partial charge is 0.497 e. The van der Waals surface area contributed by atoms with Gasteiger partial charge in [-0.15, -0.1) is 0 Å². The van der Waals surface area contributed by atoms with Crippen molar-refractivity contribution in [3.05, 3.63) is 70.8 Å². The molecule has 1 aliphatic rings. The monoisotopic (exact) mass is 521 g/mol. The van der Waals surface area contributed by atoms with Crippen LogP contribution >= 0.6 is 0 Å². The van der Waals surface area contributed by atoms with Crippen molar-refractivity contribution < 1.29 is 38.0 Å². The van der Waals surface area contributed by atoms with Crippen LogP contribution in [0, 0.1) is 0 Å². The van der Waals surface area contributed by atoms with Gasteiger partial charge in [0.25, 0.3) is 0 Å². The van der Waals surface area contributed by atoms with Crippen LogP contribution in [-0.2, 0) is 11.2 Å². The van der Waals surface area contributed by atoms with E-state index in [1.807, 2.05) is 24.3 Å². The molecule has 0 saturated heterocycles. The van der Waals surface area contributed by atoms with Crippen LogP contribution in [0.2, 0.25) is 0 Å². The van der Waals surface area contributed by atoms with Crippen LogP contribution in [-0.4, -0.2) is 67.0 Å². The summed E-state index contributed by atoms with van der Waals surface area (Å²) in [7, 11) is 9.43. The van der Waals surface area contributed by atoms with Gasteiger partial charge in [0.05, 0.1) is 60.0 Å². The number of rotatable bonds is 10. The lowest BCUT2D eigenvalue weighted by molar-refractivity contribution is 0.0480. The normalized spacial score (nSPS) is 14.1. The van der Waals surface area contributed by atoms with Crippen molar-refractivity contribution in [2.24, 2.45) is 4.99 Å². The highest BCUT2D eigenvalue weighted by atomic mass is 16.5. The molecule has 1 atom stereocenters. The highest BCUT2D eigenvalue weighted by Crippen LogP contribution is 2.36. The molecule has 0 aliphatic carbocycles. The van der Waals surface area contributed by atoms with Gasteiger partial charge in [-0.1, -0.05) is 0 Å². The van der Waals surface area contributed by atoms with E-state index < -0.39 is 5.97 Å². The van der Waals surface area contributed by atoms with Gasteiger partial charge in [0.15, 0.2) is 11.5 Å². The molecular formula is C29H31NO8. The Bertz CT molecular complexity index is 1310. The summed E-state index contributed by atoms with van der Waals surface area (Å²) in [5.74, 6) is 2.95. The number of benzene rings is 3. The van der Waals surface area contributed by atoms with Gasteiger partial charge in [-0.25, -0.2) is 4.79 Å². The highest BCUT2D eigenvalue weighted by molar-refractivity contribution is 6.15. The first kappa shape index (κ1) is 26.7. The minimum Gasteiger partial charge on any atom is -0.497 e. The zero-order valence-corrected chi connectivity index (χ0v) is 22.3. The van der Waals surface area contributed by atoms with Crippen molar-refractivity contribution in [2.45, 2.75) is 12.5 Å². The van der Waals surface area contributed by atoms with E-state index >= 15 is 0 Å². The molecule has 0 radical (unpaired) electrons. The van der Waals surface area contributed by atoms with Gasteiger partial charge < -0.3 is 33.2 Å². The molecule has 0 fully saturated rings. The second-order valence-electron chi connectivity index (χ2n) is 8.50. The van der Waals surface area contributed by atoms with Crippen molar-refractivity contribution in [1.29, 1.82) is 0 Å². The number of hydrogen-bond acceptors (Lipinski definition) is 9. The van der Waals surface area contributed by atoms with E-state index in [9.17, 15) is 4.79 Å². The first-order valence-corrected chi connectivity index (χ1v) is 11.9. The van der Waals surface area contributed by atoms with Gasteiger partial charge in [0.2, 0.25) is 0 Å². The van der Waals surface area contributed by atoms with Crippen molar-refractivity contribution >= 4 is 11.7 Å². The predicted molar refractivity (Wildman–Crippen MR) is 142 cm³/mol. The van der Waals surface area contributed by atoms with Gasteiger partial charge in [-0.05, 0) is 48.4 Å². The summed E-state index contributed by atoms with van der Waals surface area (Å²) >= 11 is 0. The Hall–Kier alpha value is -4.40. The van der Waals surface area contributed by atoms with E-state index in [4.69, 9.17) is 38.2 Å². The fourth-order valence-electron chi connectivity index (χ4n) is 4.31. The smallest absolute Gasteiger partial charge is 0.338 e. The number of esters is 1. The van der Waals surface area contributed by atoms with E-state index in [-0.39, 0.29) is 12.6 Å². The van der Waals surface area contributed by atoms with Crippen LogP contribution in [0.25, 0.3) is 0 Å². The van der Waals surface area contributed by atoms with Gasteiger partial charge in [-0.3, -0.25) is 4.99 Å². The van der Waals surface area contributed by atoms with E-state index in [2.05, 4.69) is 0 Å². The lowest BCUT2D eigenvalue weighted by Gasteiger charge is -2.25. The Kier molecular flexibility index (Phi) is 8.25. The molecule has 9 heteroatoms. The summed E-state index contributed by atoms with van der Waals surface area (Å²) in [6.45, 7) is 0.0662. The van der Waals surface area contributed by atoms with Crippen LogP contribution in [0.3, 0.4) is 0 Å². The molecule has 0 N–H and O–H groups in total. The summed E-state index contributed by atoms with van der Waals surface area (Å²) in [6.07, 6.45) is 0.537. The highest BCUT2D eigenvalue weighted by Gasteiger charge is 2.27. The number of carbonyl (C=O) groups excluding carboxylic acids is 1. The molecule has 200 valence electrons. The molecule has 1 unspecified atom stereocenters.